The number of halogens is 1. The van der Waals surface area contributed by atoms with Gasteiger partial charge in [-0.05, 0) is 75.0 Å². The van der Waals surface area contributed by atoms with Gasteiger partial charge in [-0.3, -0.25) is 0 Å². The number of pyridine rings is 2. The SMILES string of the molecule is CC(C)c1cccc(C(C)C)c1-c1ccnc(-c2[c-]ccc3c2oc2c(F)c(-c4ccccc4)ccc23)c1.[2H]C([2H])(c1ccnc(-c2[c-]cc(C)cc2)c1)C(C)(C)C.[Ir]. The van der Waals surface area contributed by atoms with Gasteiger partial charge in [0.2, 0.25) is 0 Å². The maximum absolute atomic E-state index is 15.7. The van der Waals surface area contributed by atoms with Crippen molar-refractivity contribution in [1.82, 2.24) is 9.97 Å². The Balaban J connectivity index is 0.000000236. The van der Waals surface area contributed by atoms with Gasteiger partial charge in [-0.2, -0.15) is 0 Å². The first kappa shape index (κ1) is 38.6. The van der Waals surface area contributed by atoms with Crippen LogP contribution in [0.1, 0.15) is 85.3 Å². The second-order valence-electron chi connectivity index (χ2n) is 16.0. The fourth-order valence-electron chi connectivity index (χ4n) is 7.16. The van der Waals surface area contributed by atoms with Crippen molar-refractivity contribution < 1.29 is 31.7 Å². The van der Waals surface area contributed by atoms with Gasteiger partial charge in [0.1, 0.15) is 0 Å². The number of hydrogen-bond acceptors (Lipinski definition) is 3. The molecule has 57 heavy (non-hydrogen) atoms. The van der Waals surface area contributed by atoms with E-state index in [0.29, 0.717) is 28.5 Å². The van der Waals surface area contributed by atoms with E-state index in [2.05, 4.69) is 75.1 Å². The zero-order chi connectivity index (χ0) is 41.4. The monoisotopic (exact) mass is 931 g/mol. The third-order valence-corrected chi connectivity index (χ3v) is 9.83. The second-order valence-corrected chi connectivity index (χ2v) is 16.0. The average Bonchev–Trinajstić information content (AvgIpc) is 3.61. The predicted octanol–water partition coefficient (Wildman–Crippen LogP) is 14.6. The predicted molar refractivity (Wildman–Crippen MR) is 231 cm³/mol. The Morgan fingerprint density at radius 1 is 0.719 bits per heavy atom. The minimum Gasteiger partial charge on any atom is -0.497 e. The first-order valence-corrected chi connectivity index (χ1v) is 19.3. The zero-order valence-electron chi connectivity index (χ0n) is 35.8. The van der Waals surface area contributed by atoms with Crippen molar-refractivity contribution in [1.29, 1.82) is 0 Å². The summed E-state index contributed by atoms with van der Waals surface area (Å²) in [5.74, 6) is 0.407. The number of nitrogens with zero attached hydrogens (tertiary/aromatic N) is 2. The fourth-order valence-corrected chi connectivity index (χ4v) is 7.16. The molecule has 0 amide bonds. The van der Waals surface area contributed by atoms with Gasteiger partial charge < -0.3 is 14.4 Å². The molecule has 0 N–H and O–H groups in total. The molecule has 0 atom stereocenters. The van der Waals surface area contributed by atoms with Crippen LogP contribution in [-0.2, 0) is 26.5 Å². The minimum atomic E-state index is -1.41. The third kappa shape index (κ3) is 9.17. The summed E-state index contributed by atoms with van der Waals surface area (Å²) < 4.78 is 38.7. The van der Waals surface area contributed by atoms with E-state index >= 15 is 4.39 Å². The third-order valence-electron chi connectivity index (χ3n) is 9.83. The van der Waals surface area contributed by atoms with E-state index in [4.69, 9.17) is 12.1 Å². The van der Waals surface area contributed by atoms with Crippen molar-refractivity contribution in [2.24, 2.45) is 5.41 Å². The van der Waals surface area contributed by atoms with E-state index in [9.17, 15) is 0 Å². The number of fused-ring (bicyclic) bond motifs is 3. The molecule has 8 aromatic rings. The van der Waals surface area contributed by atoms with Gasteiger partial charge in [0.15, 0.2) is 11.4 Å². The molecule has 0 spiro atoms. The first-order chi connectivity index (χ1) is 27.7. The summed E-state index contributed by atoms with van der Waals surface area (Å²) in [4.78, 5) is 9.04. The summed E-state index contributed by atoms with van der Waals surface area (Å²) >= 11 is 0. The summed E-state index contributed by atoms with van der Waals surface area (Å²) in [5.41, 5.74) is 11.7. The molecule has 3 aromatic heterocycles. The summed E-state index contributed by atoms with van der Waals surface area (Å²) in [6.07, 6.45) is 2.10. The maximum Gasteiger partial charge on any atom is 0.172 e. The van der Waals surface area contributed by atoms with Gasteiger partial charge in [0.05, 0.1) is 5.58 Å². The van der Waals surface area contributed by atoms with Crippen LogP contribution in [-0.4, -0.2) is 9.97 Å². The van der Waals surface area contributed by atoms with E-state index in [1.165, 1.54) is 16.7 Å². The maximum atomic E-state index is 15.7. The molecule has 291 valence electrons. The summed E-state index contributed by atoms with van der Waals surface area (Å²) in [7, 11) is 0. The van der Waals surface area contributed by atoms with Gasteiger partial charge in [0.25, 0.3) is 0 Å². The van der Waals surface area contributed by atoms with Crippen molar-refractivity contribution in [3.8, 4) is 44.8 Å². The molecule has 3 nitrogen and oxygen atoms in total. The Bertz CT molecular complexity index is 2690. The standard InChI is InChI=1S/C35H29FNO.C17H20N.Ir/c1-21(2)25-12-8-13-26(22(3)4)32(25)24-18-19-37-31(20-24)30-15-9-14-28-29-17-16-27(23-10-6-5-7-11-23)33(36)35(29)38-34(28)30;1-13-5-7-15(8-6-13)16-11-14(9-10-18-16)12-17(2,3)4;/h5-14,16-22H,1-4H3;5-7,9-11H,12H2,1-4H3;/q2*-1;/i;12D2;. The van der Waals surface area contributed by atoms with Crippen LogP contribution in [0.4, 0.5) is 4.39 Å². The molecule has 5 heteroatoms. The second kappa shape index (κ2) is 17.5. The Morgan fingerprint density at radius 2 is 1.40 bits per heavy atom. The molecule has 0 bridgehead atoms. The van der Waals surface area contributed by atoms with E-state index in [0.717, 1.165) is 50.0 Å². The first-order valence-electron chi connectivity index (χ1n) is 20.3. The Labute approximate surface area is 353 Å². The number of hydrogen-bond donors (Lipinski definition) is 0. The smallest absolute Gasteiger partial charge is 0.172 e. The van der Waals surface area contributed by atoms with Crippen LogP contribution in [0.15, 0.2) is 132 Å². The van der Waals surface area contributed by atoms with Gasteiger partial charge in [0, 0.05) is 46.2 Å². The van der Waals surface area contributed by atoms with Crippen LogP contribution in [0, 0.1) is 30.3 Å². The van der Waals surface area contributed by atoms with Crippen LogP contribution in [0.2, 0.25) is 0 Å². The van der Waals surface area contributed by atoms with E-state index < -0.39 is 11.8 Å². The number of rotatable bonds is 7. The Kier molecular flexibility index (Phi) is 11.9. The number of benzene rings is 5. The molecule has 0 unspecified atom stereocenters. The Morgan fingerprint density at radius 3 is 2.07 bits per heavy atom. The Hall–Kier alpha value is -5.22. The number of aryl methyl sites for hydroxylation is 1. The van der Waals surface area contributed by atoms with Crippen molar-refractivity contribution in [3.63, 3.8) is 0 Å². The normalized spacial score (nSPS) is 12.3. The number of furan rings is 1. The molecule has 0 aliphatic carbocycles. The quantitative estimate of drug-likeness (QED) is 0.150. The topological polar surface area (TPSA) is 38.9 Å². The summed E-state index contributed by atoms with van der Waals surface area (Å²) in [6, 6.07) is 43.9. The molecule has 3 heterocycles. The molecule has 1 radical (unpaired) electrons. The van der Waals surface area contributed by atoms with Gasteiger partial charge >= 0.3 is 0 Å². The molecule has 0 aliphatic rings. The van der Waals surface area contributed by atoms with Gasteiger partial charge in [-0.25, -0.2) is 4.39 Å². The van der Waals surface area contributed by atoms with E-state index in [1.807, 2.05) is 113 Å². The fraction of sp³-hybridized carbons (Fsp3) is 0.231. The van der Waals surface area contributed by atoms with Gasteiger partial charge in [-0.1, -0.05) is 145 Å². The molecule has 0 fully saturated rings. The molecular formula is C52H49FIrN2O-2. The molecule has 5 aromatic carbocycles. The number of aromatic nitrogens is 2. The zero-order valence-corrected chi connectivity index (χ0v) is 36.2. The van der Waals surface area contributed by atoms with E-state index in [-0.39, 0.29) is 31.5 Å². The van der Waals surface area contributed by atoms with Crippen molar-refractivity contribution in [3.05, 3.63) is 168 Å². The van der Waals surface area contributed by atoms with E-state index in [1.54, 1.807) is 12.3 Å². The average molecular weight is 931 g/mol. The van der Waals surface area contributed by atoms with Crippen molar-refractivity contribution in [2.75, 3.05) is 0 Å². The molecule has 0 saturated carbocycles. The van der Waals surface area contributed by atoms with Crippen molar-refractivity contribution >= 4 is 21.9 Å². The van der Waals surface area contributed by atoms with Crippen LogP contribution in [0.5, 0.6) is 0 Å². The summed E-state index contributed by atoms with van der Waals surface area (Å²) in [6.45, 7) is 16.7. The van der Waals surface area contributed by atoms with Gasteiger partial charge in [-0.15, -0.1) is 53.6 Å². The molecule has 0 saturated heterocycles. The summed E-state index contributed by atoms with van der Waals surface area (Å²) in [5, 5.41) is 1.60. The van der Waals surface area contributed by atoms with Crippen LogP contribution in [0.3, 0.4) is 0 Å². The van der Waals surface area contributed by atoms with Crippen molar-refractivity contribution in [2.45, 2.75) is 73.6 Å². The molecule has 8 rings (SSSR count). The largest absolute Gasteiger partial charge is 0.497 e. The van der Waals surface area contributed by atoms with Crippen LogP contribution < -0.4 is 0 Å². The molecule has 0 aliphatic heterocycles. The molecular weight excluding hydrogens is 880 g/mol. The van der Waals surface area contributed by atoms with Crippen LogP contribution >= 0.6 is 0 Å². The van der Waals surface area contributed by atoms with Crippen LogP contribution in [0.25, 0.3) is 66.7 Å². The minimum absolute atomic E-state index is 0.